The first-order chi connectivity index (χ1) is 7.84. The van der Waals surface area contributed by atoms with Crippen LogP contribution in [0.15, 0.2) is 0 Å². The predicted molar refractivity (Wildman–Crippen MR) is 68.0 cm³/mol. The largest absolute Gasteiger partial charge is 0.386 e. The van der Waals surface area contributed by atoms with Crippen molar-refractivity contribution in [1.29, 1.82) is 5.41 Å². The van der Waals surface area contributed by atoms with E-state index in [1.54, 1.807) is 0 Å². The van der Waals surface area contributed by atoms with E-state index in [1.165, 1.54) is 20.5 Å². The zero-order valence-corrected chi connectivity index (χ0v) is 11.3. The zero-order chi connectivity index (χ0) is 13.1. The van der Waals surface area contributed by atoms with Gasteiger partial charge >= 0.3 is 0 Å². The molecule has 0 amide bonds. The molecule has 0 radical (unpaired) electrons. The Kier molecular flexibility index (Phi) is 4.91. The summed E-state index contributed by atoms with van der Waals surface area (Å²) in [5, 5.41) is 7.54. The summed E-state index contributed by atoms with van der Waals surface area (Å²) >= 11 is 0. The van der Waals surface area contributed by atoms with Gasteiger partial charge in [-0.05, 0) is 18.8 Å². The smallest absolute Gasteiger partial charge is 0.279 e. The third kappa shape index (κ3) is 3.93. The van der Waals surface area contributed by atoms with Crippen LogP contribution >= 0.6 is 0 Å². The second-order valence-electron chi connectivity index (χ2n) is 4.74. The highest BCUT2D eigenvalue weighted by Crippen LogP contribution is 2.26. The summed E-state index contributed by atoms with van der Waals surface area (Å²) in [6.45, 7) is 0. The van der Waals surface area contributed by atoms with Gasteiger partial charge in [0.2, 0.25) is 0 Å². The maximum atomic E-state index is 11.8. The molecule has 6 nitrogen and oxygen atoms in total. The van der Waals surface area contributed by atoms with Crippen LogP contribution in [0.5, 0.6) is 0 Å². The third-order valence-electron chi connectivity index (χ3n) is 3.21. The molecule has 7 heteroatoms. The number of amidine groups is 1. The van der Waals surface area contributed by atoms with Crippen molar-refractivity contribution in [3.05, 3.63) is 0 Å². The van der Waals surface area contributed by atoms with Gasteiger partial charge in [0.15, 0.2) is 0 Å². The number of hydrogen-bond donors (Lipinski definition) is 3. The minimum absolute atomic E-state index is 0.0951. The SMILES string of the molecule is CN(C)S(=O)(=O)NC(C(=N)N)C1CCCCC1. The average molecular weight is 262 g/mol. The molecule has 0 bridgehead atoms. The Hall–Kier alpha value is -0.660. The van der Waals surface area contributed by atoms with Crippen molar-refractivity contribution in [1.82, 2.24) is 9.03 Å². The Bertz CT molecular complexity index is 361. The van der Waals surface area contributed by atoms with Crippen molar-refractivity contribution in [2.75, 3.05) is 14.1 Å². The first-order valence-corrected chi connectivity index (χ1v) is 7.32. The summed E-state index contributed by atoms with van der Waals surface area (Å²) in [4.78, 5) is 0. The van der Waals surface area contributed by atoms with Crippen molar-refractivity contribution in [3.8, 4) is 0 Å². The molecule has 1 aliphatic rings. The van der Waals surface area contributed by atoms with Gasteiger partial charge in [-0.2, -0.15) is 17.4 Å². The van der Waals surface area contributed by atoms with Gasteiger partial charge in [0.1, 0.15) is 5.84 Å². The summed E-state index contributed by atoms with van der Waals surface area (Å²) in [6, 6.07) is -0.567. The fourth-order valence-electron chi connectivity index (χ4n) is 2.15. The van der Waals surface area contributed by atoms with E-state index in [2.05, 4.69) is 4.72 Å². The average Bonchev–Trinajstić information content (AvgIpc) is 2.26. The molecule has 0 saturated heterocycles. The van der Waals surface area contributed by atoms with Crippen LogP contribution in [0.1, 0.15) is 32.1 Å². The predicted octanol–water partition coefficient (Wildman–Crippen LogP) is 0.267. The lowest BCUT2D eigenvalue weighted by atomic mass is 9.84. The van der Waals surface area contributed by atoms with Crippen molar-refractivity contribution < 1.29 is 8.42 Å². The molecule has 4 N–H and O–H groups in total. The number of nitrogens with one attached hydrogen (secondary N) is 2. The second-order valence-corrected chi connectivity index (χ2v) is 6.65. The lowest BCUT2D eigenvalue weighted by Gasteiger charge is -2.30. The molecule has 1 aliphatic carbocycles. The molecular formula is C10H22N4O2S. The molecule has 0 aliphatic heterocycles. The highest BCUT2D eigenvalue weighted by atomic mass is 32.2. The summed E-state index contributed by atoms with van der Waals surface area (Å²) in [7, 11) is -0.612. The molecule has 0 aromatic heterocycles. The highest BCUT2D eigenvalue weighted by Gasteiger charge is 2.30. The molecule has 1 atom stereocenters. The zero-order valence-electron chi connectivity index (χ0n) is 10.4. The minimum Gasteiger partial charge on any atom is -0.386 e. The van der Waals surface area contributed by atoms with E-state index in [0.717, 1.165) is 30.0 Å². The van der Waals surface area contributed by atoms with E-state index >= 15 is 0 Å². The standard InChI is InChI=1S/C10H22N4O2S/c1-14(2)17(15,16)13-9(10(11)12)8-6-4-3-5-7-8/h8-9,13H,3-7H2,1-2H3,(H3,11,12). The van der Waals surface area contributed by atoms with Gasteiger partial charge in [-0.25, -0.2) is 0 Å². The van der Waals surface area contributed by atoms with Crippen LogP contribution in [0.2, 0.25) is 0 Å². The summed E-state index contributed by atoms with van der Waals surface area (Å²) in [5.74, 6) is 0.0540. The molecule has 0 spiro atoms. The van der Waals surface area contributed by atoms with Crippen LogP contribution in [0.3, 0.4) is 0 Å². The van der Waals surface area contributed by atoms with Crippen molar-refractivity contribution >= 4 is 16.0 Å². The normalized spacial score (nSPS) is 20.4. The summed E-state index contributed by atoms with van der Waals surface area (Å²) in [5.41, 5.74) is 5.51. The number of nitrogens with zero attached hydrogens (tertiary/aromatic N) is 1. The Morgan fingerprint density at radius 2 is 1.88 bits per heavy atom. The Balaban J connectivity index is 2.76. The van der Waals surface area contributed by atoms with Crippen LogP contribution in [0.4, 0.5) is 0 Å². The first-order valence-electron chi connectivity index (χ1n) is 5.88. The lowest BCUT2D eigenvalue weighted by molar-refractivity contribution is 0.325. The Morgan fingerprint density at radius 3 is 2.29 bits per heavy atom. The quantitative estimate of drug-likeness (QED) is 0.489. The van der Waals surface area contributed by atoms with E-state index in [4.69, 9.17) is 11.1 Å². The lowest BCUT2D eigenvalue weighted by Crippen LogP contribution is -2.52. The van der Waals surface area contributed by atoms with Gasteiger partial charge < -0.3 is 5.73 Å². The van der Waals surface area contributed by atoms with Crippen LogP contribution < -0.4 is 10.5 Å². The third-order valence-corrected chi connectivity index (χ3v) is 4.73. The second kappa shape index (κ2) is 5.79. The van der Waals surface area contributed by atoms with Gasteiger partial charge in [0, 0.05) is 14.1 Å². The van der Waals surface area contributed by atoms with Gasteiger partial charge in [0.05, 0.1) is 6.04 Å². The van der Waals surface area contributed by atoms with Gasteiger partial charge in [-0.1, -0.05) is 19.3 Å². The number of nitrogens with two attached hydrogens (primary N) is 1. The summed E-state index contributed by atoms with van der Waals surface area (Å²) < 4.78 is 27.1. The van der Waals surface area contributed by atoms with Crippen LogP contribution in [-0.2, 0) is 10.2 Å². The number of hydrogen-bond acceptors (Lipinski definition) is 3. The molecule has 1 saturated carbocycles. The molecule has 17 heavy (non-hydrogen) atoms. The molecule has 1 rings (SSSR count). The van der Waals surface area contributed by atoms with Crippen LogP contribution in [0.25, 0.3) is 0 Å². The fourth-order valence-corrected chi connectivity index (χ4v) is 3.00. The van der Waals surface area contributed by atoms with Crippen molar-refractivity contribution in [2.24, 2.45) is 11.7 Å². The van der Waals surface area contributed by atoms with Gasteiger partial charge in [0.25, 0.3) is 10.2 Å². The van der Waals surface area contributed by atoms with E-state index < -0.39 is 16.3 Å². The van der Waals surface area contributed by atoms with Crippen molar-refractivity contribution in [3.63, 3.8) is 0 Å². The molecule has 0 heterocycles. The maximum Gasteiger partial charge on any atom is 0.279 e. The van der Waals surface area contributed by atoms with E-state index in [1.807, 2.05) is 0 Å². The Labute approximate surface area is 103 Å². The van der Waals surface area contributed by atoms with E-state index in [0.29, 0.717) is 0 Å². The highest BCUT2D eigenvalue weighted by molar-refractivity contribution is 7.87. The van der Waals surface area contributed by atoms with E-state index in [9.17, 15) is 8.42 Å². The van der Waals surface area contributed by atoms with Crippen LogP contribution in [-0.4, -0.2) is 38.7 Å². The molecular weight excluding hydrogens is 240 g/mol. The molecule has 0 aromatic rings. The van der Waals surface area contributed by atoms with Gasteiger partial charge in [-0.15, -0.1) is 0 Å². The molecule has 1 unspecified atom stereocenters. The molecule has 1 fully saturated rings. The fraction of sp³-hybridized carbons (Fsp3) is 0.900. The topological polar surface area (TPSA) is 99.3 Å². The van der Waals surface area contributed by atoms with E-state index in [-0.39, 0.29) is 11.8 Å². The number of rotatable bonds is 5. The van der Waals surface area contributed by atoms with Gasteiger partial charge in [-0.3, -0.25) is 5.41 Å². The van der Waals surface area contributed by atoms with Crippen molar-refractivity contribution in [2.45, 2.75) is 38.1 Å². The van der Waals surface area contributed by atoms with Crippen LogP contribution in [0, 0.1) is 11.3 Å². The minimum atomic E-state index is -3.53. The monoisotopic (exact) mass is 262 g/mol. The summed E-state index contributed by atoms with van der Waals surface area (Å²) in [6.07, 6.45) is 5.21. The molecule has 0 aromatic carbocycles. The Morgan fingerprint density at radius 1 is 1.35 bits per heavy atom. The maximum absolute atomic E-state index is 11.8. The molecule has 100 valence electrons. The first kappa shape index (κ1) is 14.4.